The molecule has 6 atom stereocenters. The lowest BCUT2D eigenvalue weighted by Crippen LogP contribution is -2.42. The van der Waals surface area contributed by atoms with Crippen LogP contribution in [0.4, 0.5) is 4.79 Å². The fourth-order valence-corrected chi connectivity index (χ4v) is 8.24. The van der Waals surface area contributed by atoms with E-state index in [1.54, 1.807) is 7.11 Å². The van der Waals surface area contributed by atoms with Gasteiger partial charge >= 0.3 is 5.24 Å². The number of ether oxygens (including phenoxy) is 1. The van der Waals surface area contributed by atoms with E-state index < -0.39 is 0 Å². The predicted octanol–water partition coefficient (Wildman–Crippen LogP) is 4.57. The number of nitrogens with zero attached hydrogens (tertiary/aromatic N) is 1. The molecular weight excluding hydrogens is 326 g/mol. The monoisotopic (exact) mass is 345 g/mol. The largest absolute Gasteiger partial charge is 0.497 e. The van der Waals surface area contributed by atoms with Crippen LogP contribution in [0.2, 0.25) is 0 Å². The lowest BCUT2D eigenvalue weighted by Gasteiger charge is -2.43. The summed E-state index contributed by atoms with van der Waals surface area (Å²) in [6.07, 6.45) is 4.12. The molecule has 1 aromatic rings. The molecule has 0 aromatic heterocycles. The predicted molar refractivity (Wildman–Crippen MR) is 95.6 cm³/mol. The lowest BCUT2D eigenvalue weighted by atomic mass is 9.74. The summed E-state index contributed by atoms with van der Waals surface area (Å²) in [7, 11) is 1.70. The number of benzene rings is 1. The maximum atomic E-state index is 11.9. The molecule has 3 fully saturated rings. The highest BCUT2D eigenvalue weighted by atomic mass is 32.2. The Morgan fingerprint density at radius 3 is 2.70 bits per heavy atom. The summed E-state index contributed by atoms with van der Waals surface area (Å²) in [6, 6.07) is 8.50. The Bertz CT molecular complexity index is 687. The van der Waals surface area contributed by atoms with Gasteiger partial charge in [-0.3, -0.25) is 4.79 Å². The van der Waals surface area contributed by atoms with Gasteiger partial charge in [0.25, 0.3) is 0 Å². The molecule has 2 heterocycles. The maximum absolute atomic E-state index is 11.9. The zero-order valence-corrected chi connectivity index (χ0v) is 14.6. The van der Waals surface area contributed by atoms with E-state index in [1.807, 2.05) is 11.8 Å². The van der Waals surface area contributed by atoms with Gasteiger partial charge in [-0.25, -0.2) is 4.99 Å². The molecule has 0 radical (unpaired) electrons. The first-order chi connectivity index (χ1) is 11.2. The Morgan fingerprint density at radius 1 is 1.13 bits per heavy atom. The Hall–Kier alpha value is -0.940. The van der Waals surface area contributed by atoms with E-state index >= 15 is 0 Å². The minimum atomic E-state index is 0.00309. The first-order valence-electron chi connectivity index (χ1n) is 8.34. The lowest BCUT2D eigenvalue weighted by molar-refractivity contribution is 0.268. The number of rotatable bonds is 2. The number of thioether (sulfide) groups is 2. The van der Waals surface area contributed by atoms with Gasteiger partial charge < -0.3 is 4.74 Å². The summed E-state index contributed by atoms with van der Waals surface area (Å²) in [4.78, 5) is 16.3. The number of carbonyl (C=O) groups is 1. The van der Waals surface area contributed by atoms with Gasteiger partial charge in [-0.15, -0.1) is 11.8 Å². The molecule has 1 aromatic carbocycles. The molecule has 23 heavy (non-hydrogen) atoms. The van der Waals surface area contributed by atoms with Crippen molar-refractivity contribution in [2.75, 3.05) is 7.11 Å². The van der Waals surface area contributed by atoms with Crippen LogP contribution in [0.3, 0.4) is 0 Å². The molecule has 5 heteroatoms. The topological polar surface area (TPSA) is 38.7 Å². The van der Waals surface area contributed by atoms with Crippen molar-refractivity contribution >= 4 is 33.8 Å². The van der Waals surface area contributed by atoms with E-state index in [0.717, 1.165) is 22.6 Å². The molecule has 4 aliphatic rings. The van der Waals surface area contributed by atoms with Crippen LogP contribution in [0.25, 0.3) is 0 Å². The molecule has 2 aliphatic carbocycles. The van der Waals surface area contributed by atoms with E-state index in [1.165, 1.54) is 36.6 Å². The Morgan fingerprint density at radius 2 is 1.91 bits per heavy atom. The smallest absolute Gasteiger partial charge is 0.306 e. The molecule has 1 saturated heterocycles. The Balaban J connectivity index is 1.57. The number of amides is 1. The van der Waals surface area contributed by atoms with Crippen molar-refractivity contribution in [3.63, 3.8) is 0 Å². The maximum Gasteiger partial charge on any atom is 0.306 e. The standard InChI is InChI=1S/C18H19NO2S2/c1-21-12-6-4-9(5-7-12)13-14-10-2-3-11(8-10)15(14)22-17-16(13)23-18(20)19-17/h4-7,10-11,13-16H,2-3,8H2,1H3. The second-order valence-corrected chi connectivity index (χ2v) is 9.34. The van der Waals surface area contributed by atoms with E-state index in [4.69, 9.17) is 4.74 Å². The van der Waals surface area contributed by atoms with Crippen molar-refractivity contribution in [1.29, 1.82) is 0 Å². The van der Waals surface area contributed by atoms with Crippen LogP contribution in [-0.4, -0.2) is 27.9 Å². The summed E-state index contributed by atoms with van der Waals surface area (Å²) in [5, 5.41) is 2.00. The summed E-state index contributed by atoms with van der Waals surface area (Å²) in [5.74, 6) is 3.70. The average molecular weight is 345 g/mol. The van der Waals surface area contributed by atoms with Gasteiger partial charge in [0.05, 0.1) is 17.4 Å². The van der Waals surface area contributed by atoms with Crippen LogP contribution in [-0.2, 0) is 0 Å². The molecule has 0 spiro atoms. The molecule has 2 bridgehead atoms. The third-order valence-corrected chi connectivity index (χ3v) is 8.84. The first-order valence-corrected chi connectivity index (χ1v) is 10.1. The van der Waals surface area contributed by atoms with E-state index in [0.29, 0.717) is 17.1 Å². The second-order valence-electron chi connectivity index (χ2n) is 7.05. The summed E-state index contributed by atoms with van der Waals surface area (Å²) >= 11 is 3.37. The fraction of sp³-hybridized carbons (Fsp3) is 0.556. The molecule has 6 unspecified atom stereocenters. The van der Waals surface area contributed by atoms with Gasteiger partial charge in [-0.2, -0.15) is 0 Å². The van der Waals surface area contributed by atoms with Crippen LogP contribution in [0.1, 0.15) is 30.7 Å². The van der Waals surface area contributed by atoms with Crippen molar-refractivity contribution in [1.82, 2.24) is 0 Å². The number of aliphatic imine (C=N–C) groups is 1. The highest BCUT2D eigenvalue weighted by Crippen LogP contribution is 2.63. The van der Waals surface area contributed by atoms with Gasteiger partial charge in [0.2, 0.25) is 0 Å². The van der Waals surface area contributed by atoms with Crippen LogP contribution in [0.5, 0.6) is 5.75 Å². The molecule has 2 saturated carbocycles. The van der Waals surface area contributed by atoms with Gasteiger partial charge in [-0.05, 0) is 54.7 Å². The number of hydrogen-bond acceptors (Lipinski definition) is 4. The van der Waals surface area contributed by atoms with Crippen LogP contribution in [0.15, 0.2) is 29.3 Å². The minimum Gasteiger partial charge on any atom is -0.497 e. The van der Waals surface area contributed by atoms with Gasteiger partial charge in [-0.1, -0.05) is 23.9 Å². The first kappa shape index (κ1) is 14.4. The second kappa shape index (κ2) is 5.28. The van der Waals surface area contributed by atoms with Crippen LogP contribution < -0.4 is 4.74 Å². The molecule has 0 N–H and O–H groups in total. The van der Waals surface area contributed by atoms with Crippen LogP contribution >= 0.6 is 23.5 Å². The molecule has 3 nitrogen and oxygen atoms in total. The summed E-state index contributed by atoms with van der Waals surface area (Å²) in [5.41, 5.74) is 1.36. The highest BCUT2D eigenvalue weighted by molar-refractivity contribution is 8.22. The SMILES string of the molecule is COc1ccc(C2C3SC(=O)N=C3SC3C4CCC(C4)C32)cc1. The summed E-state index contributed by atoms with van der Waals surface area (Å²) < 4.78 is 5.31. The van der Waals surface area contributed by atoms with Gasteiger partial charge in [0, 0.05) is 11.2 Å². The number of fused-ring (bicyclic) bond motifs is 6. The number of carbonyl (C=O) groups excluding carboxylic acids is 1. The Labute approximate surface area is 144 Å². The molecular formula is C18H19NO2S2. The molecule has 1 amide bonds. The van der Waals surface area contributed by atoms with E-state index in [-0.39, 0.29) is 10.5 Å². The van der Waals surface area contributed by atoms with Crippen molar-refractivity contribution in [2.45, 2.75) is 35.7 Å². The normalized spacial score (nSPS) is 40.7. The number of methoxy groups -OCH3 is 1. The zero-order valence-electron chi connectivity index (χ0n) is 13.0. The van der Waals surface area contributed by atoms with Crippen molar-refractivity contribution in [3.8, 4) is 5.75 Å². The minimum absolute atomic E-state index is 0.00309. The highest BCUT2D eigenvalue weighted by Gasteiger charge is 2.58. The fourth-order valence-electron chi connectivity index (χ4n) is 5.18. The number of hydrogen-bond donors (Lipinski definition) is 0. The quantitative estimate of drug-likeness (QED) is 0.787. The van der Waals surface area contributed by atoms with Crippen molar-refractivity contribution < 1.29 is 9.53 Å². The molecule has 120 valence electrons. The van der Waals surface area contributed by atoms with Gasteiger partial charge in [0.15, 0.2) is 0 Å². The summed E-state index contributed by atoms with van der Waals surface area (Å²) in [6.45, 7) is 0. The third-order valence-electron chi connectivity index (χ3n) is 6.07. The van der Waals surface area contributed by atoms with Gasteiger partial charge in [0.1, 0.15) is 5.75 Å². The Kier molecular flexibility index (Phi) is 3.31. The van der Waals surface area contributed by atoms with E-state index in [9.17, 15) is 4.79 Å². The third kappa shape index (κ3) is 2.12. The average Bonchev–Trinajstić information content (AvgIpc) is 3.26. The van der Waals surface area contributed by atoms with Crippen LogP contribution in [0, 0.1) is 17.8 Å². The molecule has 2 aliphatic heterocycles. The zero-order chi connectivity index (χ0) is 15.6. The van der Waals surface area contributed by atoms with Crippen molar-refractivity contribution in [3.05, 3.63) is 29.8 Å². The molecule has 5 rings (SSSR count). The van der Waals surface area contributed by atoms with Crippen molar-refractivity contribution in [2.24, 2.45) is 22.7 Å². The van der Waals surface area contributed by atoms with E-state index in [2.05, 4.69) is 29.3 Å².